The summed E-state index contributed by atoms with van der Waals surface area (Å²) >= 11 is 3.44. The van der Waals surface area contributed by atoms with E-state index in [9.17, 15) is 9.90 Å². The van der Waals surface area contributed by atoms with E-state index < -0.39 is 11.4 Å². The first-order valence-electron chi connectivity index (χ1n) is 5.19. The van der Waals surface area contributed by atoms with Crippen molar-refractivity contribution in [3.63, 3.8) is 0 Å². The minimum absolute atomic E-state index is 0.309. The molecule has 0 aromatic heterocycles. The van der Waals surface area contributed by atoms with E-state index in [2.05, 4.69) is 15.9 Å². The summed E-state index contributed by atoms with van der Waals surface area (Å²) in [5.41, 5.74) is 0.277. The zero-order valence-electron chi connectivity index (χ0n) is 8.78. The summed E-state index contributed by atoms with van der Waals surface area (Å²) in [6.45, 7) is 0.848. The Morgan fingerprint density at radius 3 is 2.81 bits per heavy atom. The maximum atomic E-state index is 11.3. The van der Waals surface area contributed by atoms with Gasteiger partial charge in [0.15, 0.2) is 0 Å². The van der Waals surface area contributed by atoms with E-state index in [-0.39, 0.29) is 0 Å². The predicted octanol–water partition coefficient (Wildman–Crippen LogP) is 2.48. The summed E-state index contributed by atoms with van der Waals surface area (Å²) in [7, 11) is 0. The molecule has 86 valence electrons. The van der Waals surface area contributed by atoms with Gasteiger partial charge in [-0.15, -0.1) is 0 Å². The molecule has 3 nitrogen and oxygen atoms in total. The van der Waals surface area contributed by atoms with E-state index in [0.717, 1.165) is 10.0 Å². The largest absolute Gasteiger partial charge is 0.481 e. The van der Waals surface area contributed by atoms with Crippen molar-refractivity contribution in [1.29, 1.82) is 0 Å². The second kappa shape index (κ2) is 4.55. The number of ether oxygens (including phenoxy) is 1. The first-order valence-corrected chi connectivity index (χ1v) is 5.98. The molecule has 1 fully saturated rings. The quantitative estimate of drug-likeness (QED) is 0.928. The molecular formula is C12H13BrO3. The van der Waals surface area contributed by atoms with Gasteiger partial charge in [0.05, 0.1) is 12.0 Å². The van der Waals surface area contributed by atoms with Gasteiger partial charge in [-0.25, -0.2) is 0 Å². The van der Waals surface area contributed by atoms with Crippen LogP contribution in [0.4, 0.5) is 0 Å². The van der Waals surface area contributed by atoms with Gasteiger partial charge >= 0.3 is 5.97 Å². The predicted molar refractivity (Wildman–Crippen MR) is 63.4 cm³/mol. The zero-order valence-corrected chi connectivity index (χ0v) is 10.4. The van der Waals surface area contributed by atoms with E-state index in [1.54, 1.807) is 0 Å². The second-order valence-corrected chi connectivity index (χ2v) is 5.01. The maximum Gasteiger partial charge on any atom is 0.312 e. The molecule has 1 aliphatic rings. The third kappa shape index (κ3) is 2.13. The lowest BCUT2D eigenvalue weighted by molar-refractivity contribution is -0.148. The lowest BCUT2D eigenvalue weighted by atomic mass is 9.81. The van der Waals surface area contributed by atoms with Crippen molar-refractivity contribution in [1.82, 2.24) is 0 Å². The van der Waals surface area contributed by atoms with Crippen molar-refractivity contribution in [3.8, 4) is 0 Å². The van der Waals surface area contributed by atoms with E-state index in [1.807, 2.05) is 24.3 Å². The van der Waals surface area contributed by atoms with E-state index >= 15 is 0 Å². The maximum absolute atomic E-state index is 11.3. The topological polar surface area (TPSA) is 46.5 Å². The molecule has 0 radical (unpaired) electrons. The van der Waals surface area contributed by atoms with Gasteiger partial charge in [0.2, 0.25) is 0 Å². The van der Waals surface area contributed by atoms with Crippen LogP contribution in [0.15, 0.2) is 28.7 Å². The van der Waals surface area contributed by atoms with Crippen LogP contribution in [0.25, 0.3) is 0 Å². The SMILES string of the molecule is O=C(O)C1(Cc2ccccc2Br)CCOC1. The van der Waals surface area contributed by atoms with Crippen molar-refractivity contribution in [3.05, 3.63) is 34.3 Å². The van der Waals surface area contributed by atoms with Gasteiger partial charge < -0.3 is 9.84 Å². The van der Waals surface area contributed by atoms with Gasteiger partial charge in [-0.05, 0) is 24.5 Å². The van der Waals surface area contributed by atoms with Gasteiger partial charge in [-0.3, -0.25) is 4.79 Å². The second-order valence-electron chi connectivity index (χ2n) is 4.16. The lowest BCUT2D eigenvalue weighted by Gasteiger charge is -2.22. The normalized spacial score (nSPS) is 24.6. The van der Waals surface area contributed by atoms with E-state index in [1.165, 1.54) is 0 Å². The van der Waals surface area contributed by atoms with Gasteiger partial charge in [0.1, 0.15) is 0 Å². The molecule has 16 heavy (non-hydrogen) atoms. The van der Waals surface area contributed by atoms with Gasteiger partial charge in [0, 0.05) is 11.1 Å². The van der Waals surface area contributed by atoms with Crippen molar-refractivity contribution in [2.45, 2.75) is 12.8 Å². The average molecular weight is 285 g/mol. The van der Waals surface area contributed by atoms with Crippen LogP contribution in [0.2, 0.25) is 0 Å². The number of carboxylic acid groups (broad SMARTS) is 1. The number of hydrogen-bond acceptors (Lipinski definition) is 2. The van der Waals surface area contributed by atoms with Crippen LogP contribution in [-0.2, 0) is 16.0 Å². The molecule has 1 atom stereocenters. The molecule has 2 rings (SSSR count). The first kappa shape index (κ1) is 11.6. The monoisotopic (exact) mass is 284 g/mol. The number of carboxylic acids is 1. The van der Waals surface area contributed by atoms with Gasteiger partial charge in [-0.1, -0.05) is 34.1 Å². The molecule has 1 aromatic carbocycles. The number of halogens is 1. The van der Waals surface area contributed by atoms with Crippen LogP contribution in [0.1, 0.15) is 12.0 Å². The summed E-state index contributed by atoms with van der Waals surface area (Å²) < 4.78 is 6.20. The third-order valence-electron chi connectivity index (χ3n) is 3.04. The molecular weight excluding hydrogens is 272 g/mol. The number of hydrogen-bond donors (Lipinski definition) is 1. The van der Waals surface area contributed by atoms with Crippen molar-refractivity contribution >= 4 is 21.9 Å². The summed E-state index contributed by atoms with van der Waals surface area (Å²) in [5.74, 6) is -0.763. The highest BCUT2D eigenvalue weighted by Gasteiger charge is 2.42. The third-order valence-corrected chi connectivity index (χ3v) is 3.82. The molecule has 0 bridgehead atoms. The standard InChI is InChI=1S/C12H13BrO3/c13-10-4-2-1-3-9(10)7-12(11(14)15)5-6-16-8-12/h1-4H,5-8H2,(H,14,15). The molecule has 0 spiro atoms. The van der Waals surface area contributed by atoms with Crippen molar-refractivity contribution < 1.29 is 14.6 Å². The highest BCUT2D eigenvalue weighted by Crippen LogP contribution is 2.34. The smallest absolute Gasteiger partial charge is 0.312 e. The van der Waals surface area contributed by atoms with Crippen LogP contribution in [0.5, 0.6) is 0 Å². The van der Waals surface area contributed by atoms with Crippen LogP contribution >= 0.6 is 15.9 Å². The van der Waals surface area contributed by atoms with Gasteiger partial charge in [-0.2, -0.15) is 0 Å². The fraction of sp³-hybridized carbons (Fsp3) is 0.417. The summed E-state index contributed by atoms with van der Waals surface area (Å²) in [6.07, 6.45) is 1.10. The Balaban J connectivity index is 2.25. The van der Waals surface area contributed by atoms with Gasteiger partial charge in [0.25, 0.3) is 0 Å². The zero-order chi connectivity index (χ0) is 11.6. The van der Waals surface area contributed by atoms with Crippen LogP contribution in [0, 0.1) is 5.41 Å². The molecule has 0 saturated carbocycles. The Hall–Kier alpha value is -0.870. The van der Waals surface area contributed by atoms with E-state index in [0.29, 0.717) is 26.1 Å². The van der Waals surface area contributed by atoms with Crippen LogP contribution in [0.3, 0.4) is 0 Å². The minimum atomic E-state index is -0.763. The Morgan fingerprint density at radius 1 is 1.50 bits per heavy atom. The van der Waals surface area contributed by atoms with Crippen LogP contribution < -0.4 is 0 Å². The molecule has 1 saturated heterocycles. The molecule has 1 aliphatic heterocycles. The highest BCUT2D eigenvalue weighted by atomic mass is 79.9. The minimum Gasteiger partial charge on any atom is -0.481 e. The summed E-state index contributed by atoms with van der Waals surface area (Å²) in [5, 5.41) is 9.32. The first-order chi connectivity index (χ1) is 7.64. The number of carbonyl (C=O) groups is 1. The molecule has 1 aromatic rings. The molecule has 0 amide bonds. The Labute approximate surface area is 103 Å². The molecule has 1 unspecified atom stereocenters. The summed E-state index contributed by atoms with van der Waals surface area (Å²) in [4.78, 5) is 11.3. The Morgan fingerprint density at radius 2 is 2.25 bits per heavy atom. The average Bonchev–Trinajstić information content (AvgIpc) is 2.71. The van der Waals surface area contributed by atoms with Crippen molar-refractivity contribution in [2.75, 3.05) is 13.2 Å². The fourth-order valence-electron chi connectivity index (χ4n) is 2.00. The Kier molecular flexibility index (Phi) is 3.30. The van der Waals surface area contributed by atoms with Crippen molar-refractivity contribution in [2.24, 2.45) is 5.41 Å². The highest BCUT2D eigenvalue weighted by molar-refractivity contribution is 9.10. The number of aliphatic carboxylic acids is 1. The van der Waals surface area contributed by atoms with Crippen LogP contribution in [-0.4, -0.2) is 24.3 Å². The van der Waals surface area contributed by atoms with E-state index in [4.69, 9.17) is 4.74 Å². The fourth-order valence-corrected chi connectivity index (χ4v) is 2.42. The molecule has 1 N–H and O–H groups in total. The molecule has 4 heteroatoms. The number of benzene rings is 1. The summed E-state index contributed by atoms with van der Waals surface area (Å²) in [6, 6.07) is 7.73. The Bertz CT molecular complexity index is 397. The molecule has 0 aliphatic carbocycles. The molecule has 1 heterocycles. The lowest BCUT2D eigenvalue weighted by Crippen LogP contribution is -2.33. The number of rotatable bonds is 3.